The highest BCUT2D eigenvalue weighted by atomic mass is 127. The van der Waals surface area contributed by atoms with Crippen molar-refractivity contribution in [3.8, 4) is 11.6 Å². The van der Waals surface area contributed by atoms with Crippen LogP contribution in [-0.2, 0) is 6.18 Å². The SMILES string of the molecule is COc1ccc(NC(N)=NCCCOc2ncc(C(F)(F)F)cc2Cl)cc1.I. The van der Waals surface area contributed by atoms with E-state index in [0.29, 0.717) is 19.2 Å². The van der Waals surface area contributed by atoms with E-state index in [1.165, 1.54) is 0 Å². The molecule has 11 heteroatoms. The number of nitrogens with one attached hydrogen (secondary N) is 1. The van der Waals surface area contributed by atoms with Gasteiger partial charge in [-0.15, -0.1) is 24.0 Å². The number of aliphatic imine (C=N–C) groups is 1. The fourth-order valence-corrected chi connectivity index (χ4v) is 2.20. The van der Waals surface area contributed by atoms with Crippen LogP contribution in [0.25, 0.3) is 0 Å². The molecular weight excluding hydrogens is 512 g/mol. The molecule has 6 nitrogen and oxygen atoms in total. The Kier molecular flexibility index (Phi) is 9.59. The predicted molar refractivity (Wildman–Crippen MR) is 113 cm³/mol. The Bertz CT molecular complexity index is 789. The Hall–Kier alpha value is -1.95. The fraction of sp³-hybridized carbons (Fsp3) is 0.294. The summed E-state index contributed by atoms with van der Waals surface area (Å²) in [5.41, 5.74) is 5.61. The van der Waals surface area contributed by atoms with Crippen molar-refractivity contribution in [3.63, 3.8) is 0 Å². The van der Waals surface area contributed by atoms with E-state index in [-0.39, 0.29) is 47.4 Å². The molecule has 0 radical (unpaired) electrons. The Morgan fingerprint density at radius 2 is 1.96 bits per heavy atom. The molecule has 0 aliphatic carbocycles. The summed E-state index contributed by atoms with van der Waals surface area (Å²) in [5, 5.41) is 2.72. The number of alkyl halides is 3. The van der Waals surface area contributed by atoms with Crippen LogP contribution in [0, 0.1) is 0 Å². The number of aromatic nitrogens is 1. The van der Waals surface area contributed by atoms with Gasteiger partial charge in [0.2, 0.25) is 5.88 Å². The molecule has 0 spiro atoms. The summed E-state index contributed by atoms with van der Waals surface area (Å²) >= 11 is 5.76. The van der Waals surface area contributed by atoms with Crippen LogP contribution in [0.5, 0.6) is 11.6 Å². The maximum Gasteiger partial charge on any atom is 0.417 e. The van der Waals surface area contributed by atoms with Gasteiger partial charge in [0.25, 0.3) is 0 Å². The number of pyridine rings is 1. The first kappa shape index (κ1) is 24.1. The van der Waals surface area contributed by atoms with Crippen molar-refractivity contribution >= 4 is 47.2 Å². The van der Waals surface area contributed by atoms with Crippen LogP contribution in [0.3, 0.4) is 0 Å². The molecular formula is C17H19ClF3IN4O2. The highest BCUT2D eigenvalue weighted by molar-refractivity contribution is 14.0. The van der Waals surface area contributed by atoms with E-state index in [1.54, 1.807) is 31.4 Å². The third-order valence-electron chi connectivity index (χ3n) is 3.32. The van der Waals surface area contributed by atoms with Gasteiger partial charge in [-0.25, -0.2) is 4.98 Å². The Morgan fingerprint density at radius 1 is 1.29 bits per heavy atom. The molecule has 1 aromatic heterocycles. The number of methoxy groups -OCH3 is 1. The lowest BCUT2D eigenvalue weighted by Crippen LogP contribution is -2.23. The lowest BCUT2D eigenvalue weighted by atomic mass is 10.3. The molecule has 154 valence electrons. The van der Waals surface area contributed by atoms with Crippen molar-refractivity contribution in [2.75, 3.05) is 25.6 Å². The van der Waals surface area contributed by atoms with Gasteiger partial charge in [0, 0.05) is 24.8 Å². The van der Waals surface area contributed by atoms with Crippen molar-refractivity contribution in [1.29, 1.82) is 0 Å². The number of hydrogen-bond donors (Lipinski definition) is 2. The van der Waals surface area contributed by atoms with Gasteiger partial charge in [-0.3, -0.25) is 4.99 Å². The summed E-state index contributed by atoms with van der Waals surface area (Å²) in [6.45, 7) is 0.532. The third-order valence-corrected chi connectivity index (χ3v) is 3.59. The maximum absolute atomic E-state index is 12.5. The standard InChI is InChI=1S/C17H18ClF3N4O2.HI/c1-26-13-5-3-12(4-6-13)25-16(22)23-7-2-8-27-15-14(18)9-11(10-24-15)17(19,20)21;/h3-6,9-10H,2,7-8H2,1H3,(H3,22,23,25);1H. The highest BCUT2D eigenvalue weighted by Crippen LogP contribution is 2.33. The summed E-state index contributed by atoms with van der Waals surface area (Å²) in [4.78, 5) is 7.72. The summed E-state index contributed by atoms with van der Waals surface area (Å²) in [5.74, 6) is 0.896. The van der Waals surface area contributed by atoms with E-state index in [2.05, 4.69) is 15.3 Å². The third kappa shape index (κ3) is 7.58. The Morgan fingerprint density at radius 3 is 2.54 bits per heavy atom. The van der Waals surface area contributed by atoms with Crippen LogP contribution >= 0.6 is 35.6 Å². The molecule has 3 N–H and O–H groups in total. The Labute approximate surface area is 182 Å². The summed E-state index contributed by atoms with van der Waals surface area (Å²) in [6, 6.07) is 7.93. The second-order valence-electron chi connectivity index (χ2n) is 5.33. The summed E-state index contributed by atoms with van der Waals surface area (Å²) in [7, 11) is 1.58. The van der Waals surface area contributed by atoms with E-state index in [0.717, 1.165) is 17.5 Å². The first-order valence-corrected chi connectivity index (χ1v) is 8.24. The molecule has 0 amide bonds. The molecule has 0 saturated heterocycles. The van der Waals surface area contributed by atoms with E-state index in [4.69, 9.17) is 26.8 Å². The van der Waals surface area contributed by atoms with E-state index < -0.39 is 11.7 Å². The molecule has 0 aliphatic rings. The van der Waals surface area contributed by atoms with Gasteiger partial charge >= 0.3 is 6.18 Å². The minimum Gasteiger partial charge on any atom is -0.497 e. The monoisotopic (exact) mass is 530 g/mol. The van der Waals surface area contributed by atoms with Crippen LogP contribution < -0.4 is 20.5 Å². The number of rotatable bonds is 7. The molecule has 0 saturated carbocycles. The first-order chi connectivity index (χ1) is 12.8. The van der Waals surface area contributed by atoms with Gasteiger partial charge in [0.1, 0.15) is 10.8 Å². The highest BCUT2D eigenvalue weighted by Gasteiger charge is 2.31. The van der Waals surface area contributed by atoms with Gasteiger partial charge in [-0.1, -0.05) is 11.6 Å². The van der Waals surface area contributed by atoms with Crippen molar-refractivity contribution in [3.05, 3.63) is 47.1 Å². The molecule has 2 rings (SSSR count). The average Bonchev–Trinajstić information content (AvgIpc) is 2.62. The largest absolute Gasteiger partial charge is 0.497 e. The zero-order valence-electron chi connectivity index (χ0n) is 14.8. The minimum absolute atomic E-state index is 0. The first-order valence-electron chi connectivity index (χ1n) is 7.86. The van der Waals surface area contributed by atoms with Crippen LogP contribution in [0.15, 0.2) is 41.5 Å². The van der Waals surface area contributed by atoms with Crippen LogP contribution in [0.1, 0.15) is 12.0 Å². The molecule has 28 heavy (non-hydrogen) atoms. The second-order valence-corrected chi connectivity index (χ2v) is 5.74. The van der Waals surface area contributed by atoms with E-state index in [9.17, 15) is 13.2 Å². The predicted octanol–water partition coefficient (Wildman–Crippen LogP) is 4.58. The van der Waals surface area contributed by atoms with Crippen LogP contribution in [0.4, 0.5) is 18.9 Å². The number of guanidine groups is 1. The zero-order valence-corrected chi connectivity index (χ0v) is 17.9. The summed E-state index contributed by atoms with van der Waals surface area (Å²) in [6.07, 6.45) is -3.35. The zero-order chi connectivity index (χ0) is 19.9. The van der Waals surface area contributed by atoms with Gasteiger partial charge in [0.15, 0.2) is 5.96 Å². The number of ether oxygens (including phenoxy) is 2. The van der Waals surface area contributed by atoms with Gasteiger partial charge in [0.05, 0.1) is 19.3 Å². The quantitative estimate of drug-likeness (QED) is 0.237. The number of hydrogen-bond acceptors (Lipinski definition) is 4. The molecule has 0 unspecified atom stereocenters. The van der Waals surface area contributed by atoms with Crippen molar-refractivity contribution < 1.29 is 22.6 Å². The molecule has 0 fully saturated rings. The van der Waals surface area contributed by atoms with Crippen molar-refractivity contribution in [2.45, 2.75) is 12.6 Å². The van der Waals surface area contributed by atoms with Crippen molar-refractivity contribution in [2.24, 2.45) is 10.7 Å². The normalized spacial score (nSPS) is 11.5. The van der Waals surface area contributed by atoms with Gasteiger partial charge in [-0.2, -0.15) is 13.2 Å². The van der Waals surface area contributed by atoms with Crippen LogP contribution in [0.2, 0.25) is 5.02 Å². The number of anilines is 1. The van der Waals surface area contributed by atoms with E-state index >= 15 is 0 Å². The fourth-order valence-electron chi connectivity index (χ4n) is 1.98. The average molecular weight is 531 g/mol. The lowest BCUT2D eigenvalue weighted by molar-refractivity contribution is -0.137. The Balaban J connectivity index is 0.00000392. The topological polar surface area (TPSA) is 81.8 Å². The number of benzene rings is 1. The van der Waals surface area contributed by atoms with Crippen molar-refractivity contribution in [1.82, 2.24) is 4.98 Å². The number of nitrogens with zero attached hydrogens (tertiary/aromatic N) is 2. The van der Waals surface area contributed by atoms with Gasteiger partial charge < -0.3 is 20.5 Å². The smallest absolute Gasteiger partial charge is 0.417 e. The maximum atomic E-state index is 12.5. The molecule has 1 heterocycles. The molecule has 0 atom stereocenters. The molecule has 2 aromatic rings. The molecule has 1 aromatic carbocycles. The minimum atomic E-state index is -4.50. The molecule has 0 bridgehead atoms. The number of halogens is 5. The van der Waals surface area contributed by atoms with E-state index in [1.807, 2.05) is 0 Å². The van der Waals surface area contributed by atoms with Crippen LogP contribution in [-0.4, -0.2) is 31.2 Å². The summed E-state index contributed by atoms with van der Waals surface area (Å²) < 4.78 is 48.0. The van der Waals surface area contributed by atoms with Gasteiger partial charge in [-0.05, 0) is 30.3 Å². The second kappa shape index (κ2) is 11.1. The lowest BCUT2D eigenvalue weighted by Gasteiger charge is -2.10. The number of nitrogens with two attached hydrogens (primary N) is 1. The molecule has 0 aliphatic heterocycles.